The van der Waals surface area contributed by atoms with Gasteiger partial charge < -0.3 is 5.32 Å². The largest absolute Gasteiger partial charge is 0.351 e. The molecule has 0 saturated carbocycles. The number of sulfone groups is 1. The van der Waals surface area contributed by atoms with Crippen LogP contribution >= 0.6 is 35.0 Å². The Kier molecular flexibility index (Phi) is 5.46. The van der Waals surface area contributed by atoms with E-state index in [-0.39, 0.29) is 28.7 Å². The number of hydrogen-bond acceptors (Lipinski definition) is 4. The van der Waals surface area contributed by atoms with Crippen molar-refractivity contribution in [2.24, 2.45) is 0 Å². The van der Waals surface area contributed by atoms with Gasteiger partial charge in [-0.05, 0) is 31.5 Å². The summed E-state index contributed by atoms with van der Waals surface area (Å²) in [7, 11) is -3.00. The molecular formula is C13H15Cl2NO3S2. The molecule has 1 aromatic rings. The zero-order valence-electron chi connectivity index (χ0n) is 11.3. The Morgan fingerprint density at radius 1 is 1.43 bits per heavy atom. The molecular weight excluding hydrogens is 353 g/mol. The van der Waals surface area contributed by atoms with Gasteiger partial charge in [-0.15, -0.1) is 11.8 Å². The summed E-state index contributed by atoms with van der Waals surface area (Å²) < 4.78 is 22.8. The second-order valence-electron chi connectivity index (χ2n) is 4.94. The molecule has 2 atom stereocenters. The molecule has 1 aliphatic heterocycles. The standard InChI is InChI=1S/C13H15Cl2NO3S2/c1-8(20-12-6-9(14)2-3-11(12)15)13(17)16-10-4-5-21(18,19)7-10/h2-3,6,8,10H,4-5,7H2,1H3,(H,16,17)/t8-,10-/m1/s1. The number of rotatable bonds is 4. The van der Waals surface area contributed by atoms with E-state index in [0.29, 0.717) is 16.5 Å². The molecule has 0 bridgehead atoms. The second-order valence-corrected chi connectivity index (χ2v) is 9.40. The van der Waals surface area contributed by atoms with Gasteiger partial charge in [0.2, 0.25) is 5.91 Å². The summed E-state index contributed by atoms with van der Waals surface area (Å²) in [5, 5.41) is 3.48. The lowest BCUT2D eigenvalue weighted by atomic mass is 10.2. The molecule has 0 aliphatic carbocycles. The minimum absolute atomic E-state index is 0.0219. The van der Waals surface area contributed by atoms with Crippen molar-refractivity contribution in [3.63, 3.8) is 0 Å². The number of thioether (sulfide) groups is 1. The monoisotopic (exact) mass is 367 g/mol. The Morgan fingerprint density at radius 2 is 2.14 bits per heavy atom. The van der Waals surface area contributed by atoms with Crippen molar-refractivity contribution in [1.29, 1.82) is 0 Å². The molecule has 1 fully saturated rings. The minimum atomic E-state index is -3.00. The Morgan fingerprint density at radius 3 is 2.76 bits per heavy atom. The van der Waals surface area contributed by atoms with Gasteiger partial charge in [0, 0.05) is 16.0 Å². The van der Waals surface area contributed by atoms with Crippen LogP contribution in [-0.2, 0) is 14.6 Å². The van der Waals surface area contributed by atoms with Gasteiger partial charge in [-0.1, -0.05) is 23.2 Å². The SMILES string of the molecule is C[C@@H](Sc1cc(Cl)ccc1Cl)C(=O)N[C@@H]1CCS(=O)(=O)C1. The Hall–Kier alpha value is -0.430. The molecule has 8 heteroatoms. The minimum Gasteiger partial charge on any atom is -0.351 e. The van der Waals surface area contributed by atoms with Gasteiger partial charge in [0.25, 0.3) is 0 Å². The van der Waals surface area contributed by atoms with Gasteiger partial charge in [-0.3, -0.25) is 4.79 Å². The molecule has 0 aromatic heterocycles. The van der Waals surface area contributed by atoms with Crippen LogP contribution in [0.2, 0.25) is 10.0 Å². The van der Waals surface area contributed by atoms with Gasteiger partial charge in [-0.2, -0.15) is 0 Å². The van der Waals surface area contributed by atoms with E-state index >= 15 is 0 Å². The highest BCUT2D eigenvalue weighted by atomic mass is 35.5. The van der Waals surface area contributed by atoms with Crippen LogP contribution in [0.15, 0.2) is 23.1 Å². The molecule has 2 rings (SSSR count). The summed E-state index contributed by atoms with van der Waals surface area (Å²) in [5.41, 5.74) is 0. The van der Waals surface area contributed by atoms with Gasteiger partial charge in [0.15, 0.2) is 9.84 Å². The van der Waals surface area contributed by atoms with E-state index < -0.39 is 9.84 Å². The molecule has 1 heterocycles. The smallest absolute Gasteiger partial charge is 0.233 e. The van der Waals surface area contributed by atoms with Crippen molar-refractivity contribution in [2.45, 2.75) is 29.5 Å². The third-order valence-electron chi connectivity index (χ3n) is 3.15. The topological polar surface area (TPSA) is 63.2 Å². The van der Waals surface area contributed by atoms with Gasteiger partial charge in [0.05, 0.1) is 21.8 Å². The maximum absolute atomic E-state index is 12.1. The first kappa shape index (κ1) is 16.9. The molecule has 0 radical (unpaired) electrons. The molecule has 1 amide bonds. The lowest BCUT2D eigenvalue weighted by molar-refractivity contribution is -0.120. The zero-order valence-corrected chi connectivity index (χ0v) is 14.5. The molecule has 1 aliphatic rings. The maximum Gasteiger partial charge on any atom is 0.233 e. The van der Waals surface area contributed by atoms with Crippen LogP contribution in [0, 0.1) is 0 Å². The number of benzene rings is 1. The third kappa shape index (κ3) is 4.77. The number of hydrogen-bond donors (Lipinski definition) is 1. The molecule has 1 aromatic carbocycles. The summed E-state index contributed by atoms with van der Waals surface area (Å²) >= 11 is 13.3. The van der Waals surface area contributed by atoms with Crippen molar-refractivity contribution in [2.75, 3.05) is 11.5 Å². The van der Waals surface area contributed by atoms with Crippen molar-refractivity contribution in [1.82, 2.24) is 5.32 Å². The zero-order chi connectivity index (χ0) is 15.6. The van der Waals surface area contributed by atoms with Crippen LogP contribution in [0.5, 0.6) is 0 Å². The normalized spacial score (nSPS) is 22.0. The molecule has 1 saturated heterocycles. The van der Waals surface area contributed by atoms with Crippen molar-refractivity contribution in [3.05, 3.63) is 28.2 Å². The lowest BCUT2D eigenvalue weighted by Gasteiger charge is -2.16. The van der Waals surface area contributed by atoms with E-state index in [1.54, 1.807) is 25.1 Å². The number of nitrogens with one attached hydrogen (secondary N) is 1. The van der Waals surface area contributed by atoms with Crippen molar-refractivity contribution in [3.8, 4) is 0 Å². The predicted molar refractivity (Wildman–Crippen MR) is 87.0 cm³/mol. The highest BCUT2D eigenvalue weighted by molar-refractivity contribution is 8.00. The average Bonchev–Trinajstić information content (AvgIpc) is 2.73. The number of carbonyl (C=O) groups excluding carboxylic acids is 1. The van der Waals surface area contributed by atoms with Gasteiger partial charge >= 0.3 is 0 Å². The lowest BCUT2D eigenvalue weighted by Crippen LogP contribution is -2.39. The molecule has 116 valence electrons. The first-order valence-corrected chi connectivity index (χ1v) is 9.85. The average molecular weight is 368 g/mol. The fraction of sp³-hybridized carbons (Fsp3) is 0.462. The number of amides is 1. The van der Waals surface area contributed by atoms with Crippen LogP contribution in [0.25, 0.3) is 0 Å². The first-order valence-electron chi connectivity index (χ1n) is 6.39. The van der Waals surface area contributed by atoms with E-state index in [4.69, 9.17) is 23.2 Å². The predicted octanol–water partition coefficient (Wildman–Crippen LogP) is 2.78. The number of carbonyl (C=O) groups is 1. The van der Waals surface area contributed by atoms with E-state index in [9.17, 15) is 13.2 Å². The van der Waals surface area contributed by atoms with Crippen LogP contribution < -0.4 is 5.32 Å². The summed E-state index contributed by atoms with van der Waals surface area (Å²) in [4.78, 5) is 12.8. The van der Waals surface area contributed by atoms with E-state index in [2.05, 4.69) is 5.32 Å². The summed E-state index contributed by atoms with van der Waals surface area (Å²) in [5.74, 6) is -0.0358. The van der Waals surface area contributed by atoms with Crippen LogP contribution in [0.4, 0.5) is 0 Å². The Bertz CT molecular complexity index is 649. The van der Waals surface area contributed by atoms with Gasteiger partial charge in [0.1, 0.15) is 0 Å². The van der Waals surface area contributed by atoms with Crippen molar-refractivity contribution >= 4 is 50.7 Å². The molecule has 0 unspecified atom stereocenters. The van der Waals surface area contributed by atoms with E-state index in [0.717, 1.165) is 4.90 Å². The summed E-state index contributed by atoms with van der Waals surface area (Å²) in [6.45, 7) is 1.75. The van der Waals surface area contributed by atoms with Crippen molar-refractivity contribution < 1.29 is 13.2 Å². The van der Waals surface area contributed by atoms with E-state index in [1.807, 2.05) is 0 Å². The second kappa shape index (κ2) is 6.77. The first-order chi connectivity index (χ1) is 9.77. The third-order valence-corrected chi connectivity index (χ3v) is 6.75. The molecule has 21 heavy (non-hydrogen) atoms. The van der Waals surface area contributed by atoms with Crippen LogP contribution in [0.3, 0.4) is 0 Å². The fourth-order valence-corrected chi connectivity index (χ4v) is 5.13. The Balaban J connectivity index is 1.95. The molecule has 0 spiro atoms. The fourth-order valence-electron chi connectivity index (χ4n) is 2.04. The summed E-state index contributed by atoms with van der Waals surface area (Å²) in [6.07, 6.45) is 0.476. The number of halogens is 2. The Labute approximate surface area is 138 Å². The maximum atomic E-state index is 12.1. The summed E-state index contributed by atoms with van der Waals surface area (Å²) in [6, 6.07) is 4.78. The van der Waals surface area contributed by atoms with E-state index in [1.165, 1.54) is 11.8 Å². The van der Waals surface area contributed by atoms with Crippen LogP contribution in [-0.4, -0.2) is 37.1 Å². The molecule has 1 N–H and O–H groups in total. The van der Waals surface area contributed by atoms with Crippen LogP contribution in [0.1, 0.15) is 13.3 Å². The highest BCUT2D eigenvalue weighted by Gasteiger charge is 2.30. The quantitative estimate of drug-likeness (QED) is 0.831. The molecule has 4 nitrogen and oxygen atoms in total. The van der Waals surface area contributed by atoms with Gasteiger partial charge in [-0.25, -0.2) is 8.42 Å². The highest BCUT2D eigenvalue weighted by Crippen LogP contribution is 2.32.